The fraction of sp³-hybridized carbons (Fsp3) is 0.680. The zero-order valence-electron chi connectivity index (χ0n) is 20.3. The largest absolute Gasteiger partial charge is 0.452 e. The molecule has 0 saturated carbocycles. The number of hydrogen-bond acceptors (Lipinski definition) is 5. The Morgan fingerprint density at radius 3 is 2.21 bits per heavy atom. The van der Waals surface area contributed by atoms with Crippen LogP contribution in [-0.4, -0.2) is 61.3 Å². The van der Waals surface area contributed by atoms with Crippen molar-refractivity contribution in [3.05, 3.63) is 29.8 Å². The van der Waals surface area contributed by atoms with Gasteiger partial charge >= 0.3 is 5.97 Å². The van der Waals surface area contributed by atoms with Gasteiger partial charge in [-0.2, -0.15) is 4.31 Å². The number of hydrogen-bond donors (Lipinski definition) is 0. The van der Waals surface area contributed by atoms with Crippen LogP contribution >= 0.6 is 0 Å². The molecule has 8 heteroatoms. The van der Waals surface area contributed by atoms with E-state index in [0.29, 0.717) is 25.3 Å². The fourth-order valence-electron chi connectivity index (χ4n) is 4.78. The molecule has 7 nitrogen and oxygen atoms in total. The molecule has 0 spiro atoms. The molecule has 0 aromatic heterocycles. The van der Waals surface area contributed by atoms with E-state index in [0.717, 1.165) is 31.2 Å². The van der Waals surface area contributed by atoms with E-state index in [1.807, 2.05) is 17.0 Å². The van der Waals surface area contributed by atoms with Gasteiger partial charge in [-0.1, -0.05) is 32.9 Å². The number of ether oxygens (including phenoxy) is 1. The summed E-state index contributed by atoms with van der Waals surface area (Å²) in [5, 5.41) is 0. The van der Waals surface area contributed by atoms with Gasteiger partial charge in [0.1, 0.15) is 0 Å². The number of esters is 1. The maximum absolute atomic E-state index is 13.0. The lowest BCUT2D eigenvalue weighted by Crippen LogP contribution is -2.49. The average Bonchev–Trinajstić information content (AvgIpc) is 2.83. The maximum atomic E-state index is 13.0. The first-order valence-corrected chi connectivity index (χ1v) is 13.7. The standard InChI is InChI=1S/C25H38N2O5S/c1-5-22-8-6-7-15-27(22)24(28)19(4)32-25(29)21-13-16-26(17-14-21)33(30,31)23-11-9-20(10-12-23)18(2)3/h9-12,18-19,21-22H,5-8,13-17H2,1-4H3. The number of sulfonamides is 1. The molecule has 2 aliphatic heterocycles. The molecule has 0 bridgehead atoms. The van der Waals surface area contributed by atoms with Crippen LogP contribution in [-0.2, 0) is 24.3 Å². The van der Waals surface area contributed by atoms with E-state index in [4.69, 9.17) is 4.74 Å². The van der Waals surface area contributed by atoms with Crippen LogP contribution in [0, 0.1) is 5.92 Å². The van der Waals surface area contributed by atoms with Crippen molar-refractivity contribution in [2.45, 2.75) is 89.2 Å². The zero-order valence-corrected chi connectivity index (χ0v) is 21.1. The second-order valence-corrected chi connectivity index (χ2v) is 11.5. The molecule has 2 atom stereocenters. The molecule has 0 aliphatic carbocycles. The van der Waals surface area contributed by atoms with Gasteiger partial charge in [-0.05, 0) is 69.1 Å². The van der Waals surface area contributed by atoms with Gasteiger partial charge in [-0.3, -0.25) is 9.59 Å². The third-order valence-electron chi connectivity index (χ3n) is 6.99. The molecule has 2 saturated heterocycles. The van der Waals surface area contributed by atoms with E-state index in [2.05, 4.69) is 20.8 Å². The summed E-state index contributed by atoms with van der Waals surface area (Å²) in [6.07, 6.45) is 3.98. The SMILES string of the molecule is CCC1CCCCN1C(=O)C(C)OC(=O)C1CCN(S(=O)(=O)c2ccc(C(C)C)cc2)CC1. The molecule has 2 heterocycles. The van der Waals surface area contributed by atoms with E-state index in [-0.39, 0.29) is 29.9 Å². The van der Waals surface area contributed by atoms with Gasteiger partial charge in [0.15, 0.2) is 6.10 Å². The van der Waals surface area contributed by atoms with Crippen molar-refractivity contribution in [2.24, 2.45) is 5.92 Å². The van der Waals surface area contributed by atoms with Crippen LogP contribution in [0.2, 0.25) is 0 Å². The molecule has 1 aromatic rings. The normalized spacial score (nSPS) is 21.7. The van der Waals surface area contributed by atoms with Crippen LogP contribution in [0.3, 0.4) is 0 Å². The van der Waals surface area contributed by atoms with Gasteiger partial charge in [-0.15, -0.1) is 0 Å². The molecule has 33 heavy (non-hydrogen) atoms. The van der Waals surface area contributed by atoms with Crippen LogP contribution in [0.4, 0.5) is 0 Å². The Hall–Kier alpha value is -1.93. The summed E-state index contributed by atoms with van der Waals surface area (Å²) in [5.74, 6) is -0.585. The summed E-state index contributed by atoms with van der Waals surface area (Å²) < 4.78 is 33.0. The third-order valence-corrected chi connectivity index (χ3v) is 8.91. The van der Waals surface area contributed by atoms with Crippen LogP contribution in [0.25, 0.3) is 0 Å². The minimum absolute atomic E-state index is 0.125. The first-order chi connectivity index (χ1) is 15.6. The molecule has 1 amide bonds. The minimum Gasteiger partial charge on any atom is -0.452 e. The lowest BCUT2D eigenvalue weighted by Gasteiger charge is -2.37. The Kier molecular flexibility index (Phi) is 8.56. The van der Waals surface area contributed by atoms with Crippen molar-refractivity contribution >= 4 is 21.9 Å². The zero-order chi connectivity index (χ0) is 24.2. The van der Waals surface area contributed by atoms with E-state index >= 15 is 0 Å². The molecule has 1 aromatic carbocycles. The van der Waals surface area contributed by atoms with Crippen LogP contribution in [0.15, 0.2) is 29.2 Å². The van der Waals surface area contributed by atoms with Gasteiger partial charge in [0.25, 0.3) is 5.91 Å². The summed E-state index contributed by atoms with van der Waals surface area (Å²) >= 11 is 0. The van der Waals surface area contributed by atoms with Crippen molar-refractivity contribution in [1.82, 2.24) is 9.21 Å². The predicted molar refractivity (Wildman–Crippen MR) is 127 cm³/mol. The van der Waals surface area contributed by atoms with Gasteiger partial charge in [0.2, 0.25) is 10.0 Å². The molecular formula is C25H38N2O5S. The van der Waals surface area contributed by atoms with Crippen molar-refractivity contribution in [1.29, 1.82) is 0 Å². The van der Waals surface area contributed by atoms with E-state index < -0.39 is 28.0 Å². The lowest BCUT2D eigenvalue weighted by atomic mass is 9.98. The Bertz CT molecular complexity index is 921. The molecule has 2 aliphatic rings. The quantitative estimate of drug-likeness (QED) is 0.555. The number of rotatable bonds is 7. The highest BCUT2D eigenvalue weighted by Gasteiger charge is 2.35. The molecule has 0 N–H and O–H groups in total. The fourth-order valence-corrected chi connectivity index (χ4v) is 6.24. The van der Waals surface area contributed by atoms with E-state index in [1.54, 1.807) is 19.1 Å². The third kappa shape index (κ3) is 5.96. The van der Waals surface area contributed by atoms with Crippen LogP contribution in [0.5, 0.6) is 0 Å². The molecule has 3 rings (SSSR count). The summed E-state index contributed by atoms with van der Waals surface area (Å²) in [4.78, 5) is 27.7. The number of nitrogens with zero attached hydrogens (tertiary/aromatic N) is 2. The van der Waals surface area contributed by atoms with Crippen LogP contribution < -0.4 is 0 Å². The summed E-state index contributed by atoms with van der Waals surface area (Å²) in [5.41, 5.74) is 1.09. The molecule has 2 unspecified atom stereocenters. The first kappa shape index (κ1) is 25.7. The molecule has 2 fully saturated rings. The van der Waals surface area contributed by atoms with E-state index in [1.165, 1.54) is 4.31 Å². The number of benzene rings is 1. The number of amides is 1. The lowest BCUT2D eigenvalue weighted by molar-refractivity contribution is -0.165. The Morgan fingerprint density at radius 1 is 1.00 bits per heavy atom. The van der Waals surface area contributed by atoms with Crippen molar-refractivity contribution in [3.63, 3.8) is 0 Å². The van der Waals surface area contributed by atoms with Crippen molar-refractivity contribution in [3.8, 4) is 0 Å². The number of carbonyl (C=O) groups excluding carboxylic acids is 2. The minimum atomic E-state index is -3.59. The number of carbonyl (C=O) groups is 2. The van der Waals surface area contributed by atoms with Crippen LogP contribution in [0.1, 0.15) is 77.7 Å². The average molecular weight is 479 g/mol. The Morgan fingerprint density at radius 2 is 1.64 bits per heavy atom. The van der Waals surface area contributed by atoms with E-state index in [9.17, 15) is 18.0 Å². The predicted octanol–water partition coefficient (Wildman–Crippen LogP) is 3.93. The summed E-state index contributed by atoms with van der Waals surface area (Å²) in [6, 6.07) is 7.23. The molecular weight excluding hydrogens is 440 g/mol. The Balaban J connectivity index is 1.54. The smallest absolute Gasteiger partial charge is 0.309 e. The highest BCUT2D eigenvalue weighted by Crippen LogP contribution is 2.27. The summed E-state index contributed by atoms with van der Waals surface area (Å²) in [7, 11) is -3.59. The topological polar surface area (TPSA) is 84.0 Å². The molecule has 0 radical (unpaired) electrons. The van der Waals surface area contributed by atoms with Crippen molar-refractivity contribution < 1.29 is 22.7 Å². The highest BCUT2D eigenvalue weighted by atomic mass is 32.2. The Labute approximate surface area is 198 Å². The van der Waals surface area contributed by atoms with Gasteiger partial charge < -0.3 is 9.64 Å². The monoisotopic (exact) mass is 478 g/mol. The van der Waals surface area contributed by atoms with Gasteiger partial charge in [0.05, 0.1) is 10.8 Å². The maximum Gasteiger partial charge on any atom is 0.309 e. The first-order valence-electron chi connectivity index (χ1n) is 12.3. The van der Waals surface area contributed by atoms with Gasteiger partial charge in [-0.25, -0.2) is 8.42 Å². The second-order valence-electron chi connectivity index (χ2n) is 9.57. The van der Waals surface area contributed by atoms with Crippen molar-refractivity contribution in [2.75, 3.05) is 19.6 Å². The second kappa shape index (κ2) is 11.0. The summed E-state index contributed by atoms with van der Waals surface area (Å²) in [6.45, 7) is 9.09. The van der Waals surface area contributed by atoms with Gasteiger partial charge in [0, 0.05) is 25.7 Å². The highest BCUT2D eigenvalue weighted by molar-refractivity contribution is 7.89. The number of likely N-dealkylation sites (tertiary alicyclic amines) is 1. The molecule has 184 valence electrons. The number of piperidine rings is 2.